The monoisotopic (exact) mass is 343 g/mol. The molecular formula is C20H25NO4. The summed E-state index contributed by atoms with van der Waals surface area (Å²) in [6.07, 6.45) is 0.220. The van der Waals surface area contributed by atoms with Gasteiger partial charge in [-0.1, -0.05) is 30.3 Å². The van der Waals surface area contributed by atoms with E-state index in [4.69, 9.17) is 4.74 Å². The van der Waals surface area contributed by atoms with Crippen LogP contribution in [-0.2, 0) is 11.2 Å². The molecule has 5 heteroatoms. The fourth-order valence-corrected chi connectivity index (χ4v) is 2.43. The van der Waals surface area contributed by atoms with Crippen LogP contribution in [0.1, 0.15) is 22.8 Å². The minimum atomic E-state index is -0.579. The summed E-state index contributed by atoms with van der Waals surface area (Å²) in [7, 11) is 1.37. The molecule has 2 atom stereocenters. The van der Waals surface area contributed by atoms with Crippen LogP contribution in [0.4, 0.5) is 0 Å². The Balaban J connectivity index is 1.70. The van der Waals surface area contributed by atoms with Crippen LogP contribution in [-0.4, -0.2) is 43.5 Å². The maximum atomic E-state index is 11.4. The van der Waals surface area contributed by atoms with Gasteiger partial charge >= 0.3 is 5.97 Å². The summed E-state index contributed by atoms with van der Waals surface area (Å²) >= 11 is 0. The number of para-hydroxylation sites is 1. The molecule has 5 nitrogen and oxygen atoms in total. The lowest BCUT2D eigenvalue weighted by Crippen LogP contribution is -2.37. The van der Waals surface area contributed by atoms with Crippen molar-refractivity contribution in [3.63, 3.8) is 0 Å². The van der Waals surface area contributed by atoms with Crippen LogP contribution >= 0.6 is 0 Å². The molecule has 0 saturated carbocycles. The van der Waals surface area contributed by atoms with Gasteiger partial charge in [-0.25, -0.2) is 4.79 Å². The quantitative estimate of drug-likeness (QED) is 0.685. The van der Waals surface area contributed by atoms with Gasteiger partial charge in [-0.05, 0) is 43.2 Å². The molecule has 0 bridgehead atoms. The number of aliphatic hydroxyl groups excluding tert-OH is 1. The molecule has 134 valence electrons. The van der Waals surface area contributed by atoms with Crippen LogP contribution in [0.2, 0.25) is 0 Å². The molecule has 0 heterocycles. The van der Waals surface area contributed by atoms with Crippen LogP contribution in [0.15, 0.2) is 54.6 Å². The van der Waals surface area contributed by atoms with Crippen molar-refractivity contribution in [1.82, 2.24) is 5.32 Å². The summed E-state index contributed by atoms with van der Waals surface area (Å²) in [5.41, 5.74) is 1.66. The topological polar surface area (TPSA) is 67.8 Å². The van der Waals surface area contributed by atoms with Gasteiger partial charge < -0.3 is 19.9 Å². The molecule has 0 aliphatic rings. The van der Waals surface area contributed by atoms with Crippen molar-refractivity contribution in [2.24, 2.45) is 0 Å². The molecule has 0 saturated heterocycles. The Kier molecular flexibility index (Phi) is 7.44. The first-order valence-electron chi connectivity index (χ1n) is 8.35. The van der Waals surface area contributed by atoms with E-state index >= 15 is 0 Å². The maximum Gasteiger partial charge on any atom is 0.337 e. The summed E-state index contributed by atoms with van der Waals surface area (Å²) in [6, 6.07) is 17.0. The Bertz CT molecular complexity index is 643. The number of esters is 1. The minimum absolute atomic E-state index is 0.190. The van der Waals surface area contributed by atoms with E-state index in [0.717, 1.165) is 17.7 Å². The third-order valence-corrected chi connectivity index (χ3v) is 3.80. The van der Waals surface area contributed by atoms with E-state index in [1.54, 1.807) is 12.1 Å². The van der Waals surface area contributed by atoms with Crippen LogP contribution in [0.3, 0.4) is 0 Å². The first kappa shape index (κ1) is 19.0. The standard InChI is InChI=1S/C20H25NO4/c1-15(12-16-8-10-17(11-9-16)20(23)24-2)21-13-18(22)14-25-19-6-4-3-5-7-19/h3-11,15,18,21-22H,12-14H2,1-2H3/t15-,18+/m1/s1. The van der Waals surface area contributed by atoms with Crippen molar-refractivity contribution in [3.8, 4) is 5.75 Å². The molecule has 0 spiro atoms. The lowest BCUT2D eigenvalue weighted by Gasteiger charge is -2.18. The second-order valence-corrected chi connectivity index (χ2v) is 5.98. The van der Waals surface area contributed by atoms with Gasteiger partial charge in [0.1, 0.15) is 18.5 Å². The third kappa shape index (κ3) is 6.57. The lowest BCUT2D eigenvalue weighted by molar-refractivity contribution is 0.0600. The van der Waals surface area contributed by atoms with Crippen molar-refractivity contribution in [3.05, 3.63) is 65.7 Å². The highest BCUT2D eigenvalue weighted by molar-refractivity contribution is 5.89. The van der Waals surface area contributed by atoms with Gasteiger partial charge in [-0.3, -0.25) is 0 Å². The molecule has 0 amide bonds. The normalized spacial score (nSPS) is 13.1. The molecule has 2 rings (SSSR count). The number of carbonyl (C=O) groups is 1. The SMILES string of the molecule is COC(=O)c1ccc(C[C@@H](C)NC[C@H](O)COc2ccccc2)cc1. The summed E-state index contributed by atoms with van der Waals surface area (Å²) in [5, 5.41) is 13.3. The van der Waals surface area contributed by atoms with E-state index in [9.17, 15) is 9.90 Å². The molecule has 2 aromatic rings. The fourth-order valence-electron chi connectivity index (χ4n) is 2.43. The van der Waals surface area contributed by atoms with Crippen molar-refractivity contribution < 1.29 is 19.4 Å². The molecule has 0 aliphatic heterocycles. The summed E-state index contributed by atoms with van der Waals surface area (Å²) < 4.78 is 10.2. The van der Waals surface area contributed by atoms with E-state index in [2.05, 4.69) is 17.0 Å². The molecule has 2 N–H and O–H groups in total. The van der Waals surface area contributed by atoms with Gasteiger partial charge in [-0.15, -0.1) is 0 Å². The van der Waals surface area contributed by atoms with Gasteiger partial charge in [0, 0.05) is 12.6 Å². The fraction of sp³-hybridized carbons (Fsp3) is 0.350. The number of methoxy groups -OCH3 is 1. The molecule has 2 aromatic carbocycles. The first-order valence-corrected chi connectivity index (χ1v) is 8.35. The molecule has 0 aliphatic carbocycles. The Hall–Kier alpha value is -2.37. The van der Waals surface area contributed by atoms with E-state index in [-0.39, 0.29) is 18.6 Å². The Morgan fingerprint density at radius 1 is 1.12 bits per heavy atom. The van der Waals surface area contributed by atoms with Gasteiger partial charge in [0.25, 0.3) is 0 Å². The third-order valence-electron chi connectivity index (χ3n) is 3.80. The average Bonchev–Trinajstić information content (AvgIpc) is 2.65. The molecule has 25 heavy (non-hydrogen) atoms. The predicted octanol–water partition coefficient (Wildman–Crippen LogP) is 2.43. The van der Waals surface area contributed by atoms with Crippen molar-refractivity contribution >= 4 is 5.97 Å². The van der Waals surface area contributed by atoms with Crippen LogP contribution in [0.25, 0.3) is 0 Å². The highest BCUT2D eigenvalue weighted by atomic mass is 16.5. The van der Waals surface area contributed by atoms with E-state index in [1.807, 2.05) is 42.5 Å². The zero-order valence-corrected chi connectivity index (χ0v) is 14.6. The number of ether oxygens (including phenoxy) is 2. The van der Waals surface area contributed by atoms with Gasteiger partial charge in [0.2, 0.25) is 0 Å². The van der Waals surface area contributed by atoms with E-state index < -0.39 is 6.10 Å². The molecule has 0 unspecified atom stereocenters. The smallest absolute Gasteiger partial charge is 0.337 e. The van der Waals surface area contributed by atoms with Crippen molar-refractivity contribution in [2.75, 3.05) is 20.3 Å². The molecule has 0 fully saturated rings. The highest BCUT2D eigenvalue weighted by Gasteiger charge is 2.10. The van der Waals surface area contributed by atoms with Crippen LogP contribution in [0.5, 0.6) is 5.75 Å². The highest BCUT2D eigenvalue weighted by Crippen LogP contribution is 2.09. The maximum absolute atomic E-state index is 11.4. The van der Waals surface area contributed by atoms with Gasteiger partial charge in [0.05, 0.1) is 12.7 Å². The van der Waals surface area contributed by atoms with Crippen LogP contribution < -0.4 is 10.1 Å². The Labute approximate surface area is 148 Å². The first-order chi connectivity index (χ1) is 12.1. The second-order valence-electron chi connectivity index (χ2n) is 5.98. The number of rotatable bonds is 9. The average molecular weight is 343 g/mol. The second kappa shape index (κ2) is 9.81. The summed E-state index contributed by atoms with van der Waals surface area (Å²) in [4.78, 5) is 11.4. The summed E-state index contributed by atoms with van der Waals surface area (Å²) in [6.45, 7) is 2.75. The van der Waals surface area contributed by atoms with Gasteiger partial charge in [0.15, 0.2) is 0 Å². The zero-order chi connectivity index (χ0) is 18.1. The molecule has 0 aromatic heterocycles. The number of hydrogen-bond donors (Lipinski definition) is 2. The predicted molar refractivity (Wildman–Crippen MR) is 96.9 cm³/mol. The van der Waals surface area contributed by atoms with Gasteiger partial charge in [-0.2, -0.15) is 0 Å². The van der Waals surface area contributed by atoms with Crippen molar-refractivity contribution in [1.29, 1.82) is 0 Å². The lowest BCUT2D eigenvalue weighted by atomic mass is 10.0. The van der Waals surface area contributed by atoms with E-state index in [1.165, 1.54) is 7.11 Å². The molecular weight excluding hydrogens is 318 g/mol. The Morgan fingerprint density at radius 3 is 2.44 bits per heavy atom. The minimum Gasteiger partial charge on any atom is -0.491 e. The number of carbonyl (C=O) groups excluding carboxylic acids is 1. The largest absolute Gasteiger partial charge is 0.491 e. The van der Waals surface area contributed by atoms with Crippen molar-refractivity contribution in [2.45, 2.75) is 25.5 Å². The number of hydrogen-bond acceptors (Lipinski definition) is 5. The number of benzene rings is 2. The van der Waals surface area contributed by atoms with E-state index in [0.29, 0.717) is 12.1 Å². The zero-order valence-electron chi connectivity index (χ0n) is 14.6. The molecule has 0 radical (unpaired) electrons. The van der Waals surface area contributed by atoms with Crippen LogP contribution in [0, 0.1) is 0 Å². The Morgan fingerprint density at radius 2 is 1.80 bits per heavy atom. The number of aliphatic hydroxyl groups is 1. The summed E-state index contributed by atoms with van der Waals surface area (Å²) in [5.74, 6) is 0.416. The number of nitrogens with one attached hydrogen (secondary N) is 1.